The molecule has 0 aromatic heterocycles. The van der Waals surface area contributed by atoms with Gasteiger partial charge in [-0.25, -0.2) is 4.79 Å². The molecule has 0 radical (unpaired) electrons. The number of methoxy groups -OCH3 is 1. The van der Waals surface area contributed by atoms with Gasteiger partial charge in [0, 0.05) is 5.56 Å². The van der Waals surface area contributed by atoms with Gasteiger partial charge in [0.25, 0.3) is 0 Å². The van der Waals surface area contributed by atoms with Gasteiger partial charge in [0.2, 0.25) is 0 Å². The Hall–Kier alpha value is -2.81. The SMILES string of the molecule is COc1cccc(/C=C2\C=C(c3ccc(C)cc3C)OC2=O)c1. The lowest BCUT2D eigenvalue weighted by molar-refractivity contribution is -0.130. The zero-order chi connectivity index (χ0) is 16.4. The van der Waals surface area contributed by atoms with Gasteiger partial charge in [-0.1, -0.05) is 35.9 Å². The minimum absolute atomic E-state index is 0.331. The largest absolute Gasteiger partial charge is 0.497 e. The van der Waals surface area contributed by atoms with Gasteiger partial charge < -0.3 is 9.47 Å². The first-order valence-electron chi connectivity index (χ1n) is 7.44. The summed E-state index contributed by atoms with van der Waals surface area (Å²) in [5, 5.41) is 0. The maximum absolute atomic E-state index is 12.1. The first kappa shape index (κ1) is 15.1. The summed E-state index contributed by atoms with van der Waals surface area (Å²) in [6.07, 6.45) is 3.60. The summed E-state index contributed by atoms with van der Waals surface area (Å²) in [6, 6.07) is 13.6. The van der Waals surface area contributed by atoms with Crippen LogP contribution in [0, 0.1) is 13.8 Å². The number of hydrogen-bond donors (Lipinski definition) is 0. The van der Waals surface area contributed by atoms with Gasteiger partial charge in [-0.05, 0) is 49.3 Å². The lowest BCUT2D eigenvalue weighted by Crippen LogP contribution is -1.98. The molecule has 0 fully saturated rings. The summed E-state index contributed by atoms with van der Waals surface area (Å²) in [5.41, 5.74) is 4.65. The van der Waals surface area contributed by atoms with E-state index in [-0.39, 0.29) is 5.97 Å². The van der Waals surface area contributed by atoms with Crippen LogP contribution in [0.1, 0.15) is 22.3 Å². The van der Waals surface area contributed by atoms with Crippen molar-refractivity contribution >= 4 is 17.8 Å². The smallest absolute Gasteiger partial charge is 0.343 e. The van der Waals surface area contributed by atoms with Gasteiger partial charge in [-0.15, -0.1) is 0 Å². The highest BCUT2D eigenvalue weighted by molar-refractivity contribution is 6.05. The summed E-state index contributed by atoms with van der Waals surface area (Å²) in [6.45, 7) is 4.06. The molecule has 0 atom stereocenters. The molecule has 1 aliphatic heterocycles. The maximum atomic E-state index is 12.1. The highest BCUT2D eigenvalue weighted by Crippen LogP contribution is 2.30. The Kier molecular flexibility index (Phi) is 4.02. The van der Waals surface area contributed by atoms with Crippen molar-refractivity contribution in [3.8, 4) is 5.75 Å². The summed E-state index contributed by atoms with van der Waals surface area (Å²) in [4.78, 5) is 12.1. The van der Waals surface area contributed by atoms with Crippen molar-refractivity contribution < 1.29 is 14.3 Å². The van der Waals surface area contributed by atoms with Crippen molar-refractivity contribution in [2.45, 2.75) is 13.8 Å². The standard InChI is InChI=1S/C20H18O3/c1-13-7-8-18(14(2)9-13)19-12-16(20(21)23-19)10-15-5-4-6-17(11-15)22-3/h4-12H,1-3H3/b16-10+. The number of rotatable bonds is 3. The topological polar surface area (TPSA) is 35.5 Å². The van der Waals surface area contributed by atoms with E-state index < -0.39 is 0 Å². The van der Waals surface area contributed by atoms with E-state index in [2.05, 4.69) is 6.07 Å². The van der Waals surface area contributed by atoms with Gasteiger partial charge in [0.05, 0.1) is 12.7 Å². The van der Waals surface area contributed by atoms with Crippen LogP contribution in [0.3, 0.4) is 0 Å². The Balaban J connectivity index is 1.96. The van der Waals surface area contributed by atoms with Crippen LogP contribution >= 0.6 is 0 Å². The number of ether oxygens (including phenoxy) is 2. The minimum atomic E-state index is -0.331. The fourth-order valence-corrected chi connectivity index (χ4v) is 2.62. The predicted octanol–water partition coefficient (Wildman–Crippen LogP) is 4.29. The van der Waals surface area contributed by atoms with Gasteiger partial charge in [0.15, 0.2) is 0 Å². The third-order valence-corrected chi connectivity index (χ3v) is 3.79. The van der Waals surface area contributed by atoms with Crippen LogP contribution in [-0.2, 0) is 9.53 Å². The quantitative estimate of drug-likeness (QED) is 0.627. The van der Waals surface area contributed by atoms with E-state index in [0.29, 0.717) is 11.3 Å². The van der Waals surface area contributed by atoms with Gasteiger partial charge in [-0.3, -0.25) is 0 Å². The molecule has 3 nitrogen and oxygen atoms in total. The second-order valence-corrected chi connectivity index (χ2v) is 5.59. The first-order valence-corrected chi connectivity index (χ1v) is 7.44. The Bertz CT molecular complexity index is 829. The van der Waals surface area contributed by atoms with Gasteiger partial charge in [0.1, 0.15) is 11.5 Å². The van der Waals surface area contributed by atoms with Crippen LogP contribution in [0.25, 0.3) is 11.8 Å². The van der Waals surface area contributed by atoms with Gasteiger partial charge >= 0.3 is 5.97 Å². The Morgan fingerprint density at radius 1 is 1.09 bits per heavy atom. The van der Waals surface area contributed by atoms with E-state index in [1.165, 1.54) is 5.56 Å². The third kappa shape index (κ3) is 3.19. The molecule has 1 aliphatic rings. The molecule has 3 heteroatoms. The molecule has 23 heavy (non-hydrogen) atoms. The molecule has 0 unspecified atom stereocenters. The third-order valence-electron chi connectivity index (χ3n) is 3.79. The van der Waals surface area contributed by atoms with Crippen molar-refractivity contribution in [3.63, 3.8) is 0 Å². The van der Waals surface area contributed by atoms with Crippen LogP contribution in [0.4, 0.5) is 0 Å². The highest BCUT2D eigenvalue weighted by Gasteiger charge is 2.22. The average molecular weight is 306 g/mol. The zero-order valence-corrected chi connectivity index (χ0v) is 13.4. The van der Waals surface area contributed by atoms with E-state index in [4.69, 9.17) is 9.47 Å². The second-order valence-electron chi connectivity index (χ2n) is 5.59. The molecule has 0 saturated heterocycles. The minimum Gasteiger partial charge on any atom is -0.497 e. The molecule has 1 heterocycles. The molecule has 0 saturated carbocycles. The summed E-state index contributed by atoms with van der Waals surface area (Å²) < 4.78 is 10.6. The zero-order valence-electron chi connectivity index (χ0n) is 13.4. The number of benzene rings is 2. The molecule has 0 N–H and O–H groups in total. The molecule has 2 aromatic rings. The van der Waals surface area contributed by atoms with Crippen molar-refractivity contribution in [2.75, 3.05) is 7.11 Å². The number of carbonyl (C=O) groups is 1. The average Bonchev–Trinajstić information content (AvgIpc) is 2.88. The lowest BCUT2D eigenvalue weighted by Gasteiger charge is -2.06. The molecule has 0 spiro atoms. The summed E-state index contributed by atoms with van der Waals surface area (Å²) >= 11 is 0. The van der Waals surface area contributed by atoms with Crippen LogP contribution in [0.15, 0.2) is 54.1 Å². The molecule has 3 rings (SSSR count). The second kappa shape index (κ2) is 6.13. The van der Waals surface area contributed by atoms with Crippen LogP contribution in [0.2, 0.25) is 0 Å². The van der Waals surface area contributed by atoms with Crippen LogP contribution in [-0.4, -0.2) is 13.1 Å². The molecule has 0 bridgehead atoms. The Labute approximate surface area is 135 Å². The number of carbonyl (C=O) groups excluding carboxylic acids is 1. The van der Waals surface area contributed by atoms with Gasteiger partial charge in [-0.2, -0.15) is 0 Å². The summed E-state index contributed by atoms with van der Waals surface area (Å²) in [7, 11) is 1.62. The summed E-state index contributed by atoms with van der Waals surface area (Å²) in [5.74, 6) is 1.02. The molecule has 116 valence electrons. The molecule has 0 amide bonds. The van der Waals surface area contributed by atoms with E-state index in [9.17, 15) is 4.79 Å². The molecule has 2 aromatic carbocycles. The first-order chi connectivity index (χ1) is 11.1. The maximum Gasteiger partial charge on any atom is 0.343 e. The van der Waals surface area contributed by atoms with Crippen LogP contribution in [0.5, 0.6) is 5.75 Å². The number of esters is 1. The van der Waals surface area contributed by atoms with Crippen molar-refractivity contribution in [1.29, 1.82) is 0 Å². The molecule has 0 aliphatic carbocycles. The van der Waals surface area contributed by atoms with E-state index >= 15 is 0 Å². The van der Waals surface area contributed by atoms with E-state index in [0.717, 1.165) is 22.4 Å². The normalized spacial score (nSPS) is 15.5. The highest BCUT2D eigenvalue weighted by atomic mass is 16.5. The predicted molar refractivity (Wildman–Crippen MR) is 91.0 cm³/mol. The lowest BCUT2D eigenvalue weighted by atomic mass is 10.0. The van der Waals surface area contributed by atoms with Crippen molar-refractivity contribution in [2.24, 2.45) is 0 Å². The Morgan fingerprint density at radius 2 is 1.91 bits per heavy atom. The Morgan fingerprint density at radius 3 is 2.65 bits per heavy atom. The number of cyclic esters (lactones) is 1. The van der Waals surface area contributed by atoms with Crippen molar-refractivity contribution in [1.82, 2.24) is 0 Å². The fraction of sp³-hybridized carbons (Fsp3) is 0.150. The van der Waals surface area contributed by atoms with Crippen LogP contribution < -0.4 is 4.74 Å². The molecular formula is C20H18O3. The number of aryl methyl sites for hydroxylation is 2. The number of hydrogen-bond acceptors (Lipinski definition) is 3. The van der Waals surface area contributed by atoms with Crippen molar-refractivity contribution in [3.05, 3.63) is 76.4 Å². The van der Waals surface area contributed by atoms with E-state index in [1.807, 2.05) is 50.2 Å². The molecular weight excluding hydrogens is 288 g/mol. The monoisotopic (exact) mass is 306 g/mol. The fourth-order valence-electron chi connectivity index (χ4n) is 2.62. The van der Waals surface area contributed by atoms with E-state index in [1.54, 1.807) is 19.3 Å².